The van der Waals surface area contributed by atoms with Crippen LogP contribution in [-0.2, 0) is 0 Å². The third-order valence-electron chi connectivity index (χ3n) is 1.43. The van der Waals surface area contributed by atoms with Gasteiger partial charge in [-0.2, -0.15) is 0 Å². The van der Waals surface area contributed by atoms with Crippen molar-refractivity contribution in [3.63, 3.8) is 0 Å². The molecule has 0 saturated carbocycles. The van der Waals surface area contributed by atoms with Crippen LogP contribution in [0, 0.1) is 0 Å². The van der Waals surface area contributed by atoms with E-state index in [1.54, 1.807) is 0 Å². The number of aliphatic hydroxyl groups is 1. The molecule has 1 N–H and O–H groups in total. The van der Waals surface area contributed by atoms with Crippen molar-refractivity contribution in [2.24, 2.45) is 0 Å². The van der Waals surface area contributed by atoms with Crippen molar-refractivity contribution in [2.75, 3.05) is 5.33 Å². The highest BCUT2D eigenvalue weighted by atomic mass is 79.9. The van der Waals surface area contributed by atoms with Crippen molar-refractivity contribution in [3.05, 3.63) is 24.1 Å². The smallest absolute Gasteiger partial charge is 0.119 e. The molecule has 1 rings (SSSR count). The maximum Gasteiger partial charge on any atom is 0.119 e. The van der Waals surface area contributed by atoms with E-state index >= 15 is 0 Å². The third kappa shape index (κ3) is 1.67. The maximum absolute atomic E-state index is 12.3. The van der Waals surface area contributed by atoms with Gasteiger partial charge in [0.05, 0.1) is 5.60 Å². The van der Waals surface area contributed by atoms with Crippen molar-refractivity contribution >= 4 is 15.9 Å². The molecule has 0 aromatic carbocycles. The standard InChI is InChI=1S/C7H8BrFO/c8-5-7(10)3-1-6(9)2-4-7/h1-3,10H,4-5H2. The van der Waals surface area contributed by atoms with E-state index in [2.05, 4.69) is 15.9 Å². The lowest BCUT2D eigenvalue weighted by atomic mass is 9.98. The Morgan fingerprint density at radius 1 is 1.80 bits per heavy atom. The molecule has 1 unspecified atom stereocenters. The third-order valence-corrected chi connectivity index (χ3v) is 2.41. The van der Waals surface area contributed by atoms with E-state index in [0.717, 1.165) is 0 Å². The zero-order chi connectivity index (χ0) is 7.61. The minimum absolute atomic E-state index is 0.273. The Morgan fingerprint density at radius 3 is 2.90 bits per heavy atom. The first kappa shape index (κ1) is 7.95. The minimum atomic E-state index is -0.879. The predicted molar refractivity (Wildman–Crippen MR) is 41.7 cm³/mol. The average molecular weight is 207 g/mol. The summed E-state index contributed by atoms with van der Waals surface area (Å²) >= 11 is 3.13. The Hall–Kier alpha value is -0.150. The monoisotopic (exact) mass is 206 g/mol. The Labute approximate surface area is 67.4 Å². The largest absolute Gasteiger partial charge is 0.385 e. The molecule has 0 heterocycles. The molecule has 0 aromatic heterocycles. The zero-order valence-electron chi connectivity index (χ0n) is 5.35. The molecule has 10 heavy (non-hydrogen) atoms. The SMILES string of the molecule is OC1(CBr)C=CC(F)=CC1. The van der Waals surface area contributed by atoms with Crippen LogP contribution in [0.5, 0.6) is 0 Å². The van der Waals surface area contributed by atoms with Crippen molar-refractivity contribution in [3.8, 4) is 0 Å². The minimum Gasteiger partial charge on any atom is -0.385 e. The second-order valence-electron chi connectivity index (χ2n) is 2.36. The van der Waals surface area contributed by atoms with Crippen LogP contribution in [-0.4, -0.2) is 16.0 Å². The summed E-state index contributed by atoms with van der Waals surface area (Å²) < 4.78 is 12.3. The summed E-state index contributed by atoms with van der Waals surface area (Å²) in [6, 6.07) is 0. The van der Waals surface area contributed by atoms with E-state index in [9.17, 15) is 9.50 Å². The molecule has 3 heteroatoms. The molecule has 0 aromatic rings. The Balaban J connectivity index is 2.67. The number of hydrogen-bond donors (Lipinski definition) is 1. The molecule has 1 aliphatic rings. The van der Waals surface area contributed by atoms with Crippen LogP contribution in [0.3, 0.4) is 0 Å². The Bertz CT molecular complexity index is 188. The van der Waals surface area contributed by atoms with Crippen LogP contribution in [0.4, 0.5) is 4.39 Å². The molecule has 0 fully saturated rings. The number of rotatable bonds is 1. The van der Waals surface area contributed by atoms with Crippen LogP contribution in [0.1, 0.15) is 6.42 Å². The van der Waals surface area contributed by atoms with Gasteiger partial charge in [0.1, 0.15) is 5.83 Å². The van der Waals surface area contributed by atoms with Gasteiger partial charge in [-0.1, -0.05) is 15.9 Å². The topological polar surface area (TPSA) is 20.2 Å². The van der Waals surface area contributed by atoms with Gasteiger partial charge in [-0.25, -0.2) is 4.39 Å². The molecule has 0 amide bonds. The van der Waals surface area contributed by atoms with Gasteiger partial charge in [-0.3, -0.25) is 0 Å². The molecule has 0 spiro atoms. The van der Waals surface area contributed by atoms with Crippen LogP contribution >= 0.6 is 15.9 Å². The summed E-state index contributed by atoms with van der Waals surface area (Å²) in [4.78, 5) is 0. The van der Waals surface area contributed by atoms with Crippen molar-refractivity contribution in [1.82, 2.24) is 0 Å². The molecule has 1 nitrogen and oxygen atoms in total. The van der Waals surface area contributed by atoms with Crippen molar-refractivity contribution in [2.45, 2.75) is 12.0 Å². The highest BCUT2D eigenvalue weighted by Crippen LogP contribution is 2.22. The first-order chi connectivity index (χ1) is 4.66. The lowest BCUT2D eigenvalue weighted by Gasteiger charge is -2.21. The number of alkyl halides is 1. The number of halogens is 2. The summed E-state index contributed by atoms with van der Waals surface area (Å²) in [5.74, 6) is -0.273. The van der Waals surface area contributed by atoms with Crippen LogP contribution < -0.4 is 0 Å². The van der Waals surface area contributed by atoms with Gasteiger partial charge >= 0.3 is 0 Å². The van der Waals surface area contributed by atoms with Gasteiger partial charge in [-0.05, 0) is 18.2 Å². The lowest BCUT2D eigenvalue weighted by molar-refractivity contribution is 0.119. The van der Waals surface area contributed by atoms with Crippen molar-refractivity contribution < 1.29 is 9.50 Å². The first-order valence-corrected chi connectivity index (χ1v) is 4.12. The van der Waals surface area contributed by atoms with Crippen LogP contribution in [0.2, 0.25) is 0 Å². The molecule has 0 saturated heterocycles. The van der Waals surface area contributed by atoms with E-state index in [1.165, 1.54) is 18.2 Å². The van der Waals surface area contributed by atoms with Gasteiger partial charge in [0.25, 0.3) is 0 Å². The number of hydrogen-bond acceptors (Lipinski definition) is 1. The number of allylic oxidation sites excluding steroid dienone is 2. The fraction of sp³-hybridized carbons (Fsp3) is 0.429. The fourth-order valence-electron chi connectivity index (χ4n) is 0.744. The molecule has 0 bridgehead atoms. The summed E-state index contributed by atoms with van der Waals surface area (Å²) in [5, 5.41) is 9.90. The predicted octanol–water partition coefficient (Wildman–Crippen LogP) is 1.93. The second-order valence-corrected chi connectivity index (χ2v) is 2.92. The molecular weight excluding hydrogens is 199 g/mol. The van der Waals surface area contributed by atoms with Crippen LogP contribution in [0.15, 0.2) is 24.1 Å². The Kier molecular flexibility index (Phi) is 2.26. The highest BCUT2D eigenvalue weighted by molar-refractivity contribution is 9.09. The molecule has 0 radical (unpaired) electrons. The van der Waals surface area contributed by atoms with Gasteiger partial charge < -0.3 is 5.11 Å². The molecule has 1 aliphatic carbocycles. The Morgan fingerprint density at radius 2 is 2.50 bits per heavy atom. The van der Waals surface area contributed by atoms with E-state index < -0.39 is 5.60 Å². The molecule has 56 valence electrons. The quantitative estimate of drug-likeness (QED) is 0.651. The normalized spacial score (nSPS) is 32.1. The molecular formula is C7H8BrFO. The maximum atomic E-state index is 12.3. The molecule has 0 aliphatic heterocycles. The average Bonchev–Trinajstić information content (AvgIpc) is 1.96. The van der Waals surface area contributed by atoms with Gasteiger partial charge in [0.15, 0.2) is 0 Å². The zero-order valence-corrected chi connectivity index (χ0v) is 6.94. The van der Waals surface area contributed by atoms with Gasteiger partial charge in [0.2, 0.25) is 0 Å². The van der Waals surface area contributed by atoms with E-state index in [1.807, 2.05) is 0 Å². The summed E-state index contributed by atoms with van der Waals surface area (Å²) in [5.41, 5.74) is -0.879. The van der Waals surface area contributed by atoms with E-state index in [0.29, 0.717) is 11.8 Å². The second kappa shape index (κ2) is 2.84. The highest BCUT2D eigenvalue weighted by Gasteiger charge is 2.22. The first-order valence-electron chi connectivity index (χ1n) is 2.99. The van der Waals surface area contributed by atoms with Gasteiger partial charge in [0, 0.05) is 11.8 Å². The lowest BCUT2D eigenvalue weighted by Crippen LogP contribution is -2.28. The summed E-state index contributed by atoms with van der Waals surface area (Å²) in [6.45, 7) is 0. The van der Waals surface area contributed by atoms with Crippen LogP contribution in [0.25, 0.3) is 0 Å². The summed E-state index contributed by atoms with van der Waals surface area (Å²) in [7, 11) is 0. The van der Waals surface area contributed by atoms with E-state index in [4.69, 9.17) is 0 Å². The fourth-order valence-corrected chi connectivity index (χ4v) is 1.16. The molecule has 1 atom stereocenters. The van der Waals surface area contributed by atoms with Gasteiger partial charge in [-0.15, -0.1) is 0 Å². The van der Waals surface area contributed by atoms with E-state index in [-0.39, 0.29) is 5.83 Å². The summed E-state index contributed by atoms with van der Waals surface area (Å²) in [6.07, 6.45) is 4.48. The van der Waals surface area contributed by atoms with Crippen molar-refractivity contribution in [1.29, 1.82) is 0 Å².